The van der Waals surface area contributed by atoms with Crippen LogP contribution in [0.4, 0.5) is 34.1 Å². The highest BCUT2D eigenvalue weighted by molar-refractivity contribution is 6.29. The van der Waals surface area contributed by atoms with Crippen LogP contribution in [0.5, 0.6) is 0 Å². The second-order valence-corrected chi connectivity index (χ2v) is 20.0. The molecule has 0 spiro atoms. The fourth-order valence-electron chi connectivity index (χ4n) is 9.83. The zero-order chi connectivity index (χ0) is 45.9. The molecule has 0 saturated carbocycles. The number of benzene rings is 10. The molecule has 0 atom stereocenters. The molecule has 0 aliphatic heterocycles. The van der Waals surface area contributed by atoms with E-state index in [0.717, 1.165) is 34.1 Å². The Hall–Kier alpha value is -7.16. The van der Waals surface area contributed by atoms with Crippen LogP contribution >= 0.6 is 0 Å². The Bertz CT molecular complexity index is 3120. The van der Waals surface area contributed by atoms with Gasteiger partial charge in [-0.2, -0.15) is 0 Å². The van der Waals surface area contributed by atoms with Crippen LogP contribution in [-0.2, 0) is 5.41 Å². The lowest BCUT2D eigenvalue weighted by molar-refractivity contribution is 0.591. The third kappa shape index (κ3) is 7.79. The number of nitrogens with zero attached hydrogens (tertiary/aromatic N) is 2. The molecule has 2 nitrogen and oxygen atoms in total. The highest BCUT2D eigenvalue weighted by Gasteiger charge is 2.27. The number of rotatable bonds is 10. The Morgan fingerprint density at radius 1 is 0.364 bits per heavy atom. The molecule has 0 aliphatic rings. The minimum atomic E-state index is 0.00426. The fraction of sp³-hybridized carbons (Fsp3) is 0.188. The van der Waals surface area contributed by atoms with Crippen LogP contribution in [0.1, 0.15) is 88.1 Å². The minimum Gasteiger partial charge on any atom is -0.310 e. The lowest BCUT2D eigenvalue weighted by atomic mass is 9.83. The van der Waals surface area contributed by atoms with Crippen molar-refractivity contribution in [3.63, 3.8) is 0 Å². The van der Waals surface area contributed by atoms with Gasteiger partial charge in [-0.25, -0.2) is 0 Å². The summed E-state index contributed by atoms with van der Waals surface area (Å²) in [6.07, 6.45) is 0. The highest BCUT2D eigenvalue weighted by Crippen LogP contribution is 2.52. The lowest BCUT2D eigenvalue weighted by Gasteiger charge is -2.34. The van der Waals surface area contributed by atoms with Crippen molar-refractivity contribution in [3.8, 4) is 22.3 Å². The molecule has 2 heteroatoms. The summed E-state index contributed by atoms with van der Waals surface area (Å²) in [5.74, 6) is 0.950. The van der Waals surface area contributed by atoms with Gasteiger partial charge in [0.05, 0.1) is 11.4 Å². The van der Waals surface area contributed by atoms with Gasteiger partial charge in [0.2, 0.25) is 0 Å². The predicted octanol–water partition coefficient (Wildman–Crippen LogP) is 19.0. The molecule has 10 rings (SSSR count). The van der Waals surface area contributed by atoms with Crippen LogP contribution in [0.15, 0.2) is 188 Å². The van der Waals surface area contributed by atoms with Gasteiger partial charge in [-0.15, -0.1) is 0 Å². The van der Waals surface area contributed by atoms with Crippen LogP contribution in [0, 0.1) is 13.8 Å². The first-order valence-corrected chi connectivity index (χ1v) is 23.7. The number of para-hydroxylation sites is 2. The number of aryl methyl sites for hydroxylation is 2. The maximum Gasteiger partial charge on any atom is 0.0561 e. The number of hydrogen-bond donors (Lipinski definition) is 0. The van der Waals surface area contributed by atoms with Crippen molar-refractivity contribution in [2.24, 2.45) is 0 Å². The van der Waals surface area contributed by atoms with E-state index >= 15 is 0 Å². The maximum absolute atomic E-state index is 2.51. The Kier molecular flexibility index (Phi) is 11.0. The summed E-state index contributed by atoms with van der Waals surface area (Å²) in [6, 6.07) is 70.9. The van der Waals surface area contributed by atoms with Gasteiger partial charge in [-0.05, 0) is 140 Å². The number of anilines is 6. The van der Waals surface area contributed by atoms with E-state index in [4.69, 9.17) is 0 Å². The van der Waals surface area contributed by atoms with Crippen molar-refractivity contribution in [1.29, 1.82) is 0 Å². The molecule has 0 radical (unpaired) electrons. The van der Waals surface area contributed by atoms with Gasteiger partial charge in [-0.3, -0.25) is 0 Å². The van der Waals surface area contributed by atoms with Crippen molar-refractivity contribution >= 4 is 66.4 Å². The molecule has 0 unspecified atom stereocenters. The van der Waals surface area contributed by atoms with E-state index < -0.39 is 0 Å². The normalized spacial score (nSPS) is 12.0. The summed E-state index contributed by atoms with van der Waals surface area (Å²) >= 11 is 0. The number of hydrogen-bond acceptors (Lipinski definition) is 2. The molecule has 0 aliphatic carbocycles. The second-order valence-electron chi connectivity index (χ2n) is 20.0. The lowest BCUT2D eigenvalue weighted by Crippen LogP contribution is -2.16. The molecular weight excluding hydrogens is 797 g/mol. The van der Waals surface area contributed by atoms with Crippen molar-refractivity contribution in [1.82, 2.24) is 0 Å². The smallest absolute Gasteiger partial charge is 0.0561 e. The van der Waals surface area contributed by atoms with Gasteiger partial charge in [-0.1, -0.05) is 194 Å². The first kappa shape index (κ1) is 42.8. The fourth-order valence-corrected chi connectivity index (χ4v) is 9.83. The zero-order valence-electron chi connectivity index (χ0n) is 39.9. The van der Waals surface area contributed by atoms with Crippen molar-refractivity contribution in [2.75, 3.05) is 9.80 Å². The summed E-state index contributed by atoms with van der Waals surface area (Å²) in [5, 5.41) is 7.54. The SMILES string of the molecule is Cc1ccc(-c2ccc(C(C)C)cc2)cc1N(c1ccccc1)c1cc(N(c2ccccc2)c2cc(-c3ccc(C(C)C)cc3)ccc2C)c2ccc3cc(C(C)(C)C)cc4ccc1c2c43. The first-order valence-electron chi connectivity index (χ1n) is 23.7. The third-order valence-electron chi connectivity index (χ3n) is 13.8. The van der Waals surface area contributed by atoms with Crippen LogP contribution in [0.2, 0.25) is 0 Å². The Morgan fingerprint density at radius 2 is 0.758 bits per heavy atom. The van der Waals surface area contributed by atoms with Crippen LogP contribution in [-0.4, -0.2) is 0 Å². The van der Waals surface area contributed by atoms with Gasteiger partial charge in [0, 0.05) is 38.9 Å². The molecule has 0 heterocycles. The quantitative estimate of drug-likeness (QED) is 0.126. The van der Waals surface area contributed by atoms with Gasteiger partial charge < -0.3 is 9.80 Å². The Labute approximate surface area is 392 Å². The summed E-state index contributed by atoms with van der Waals surface area (Å²) in [4.78, 5) is 5.03. The van der Waals surface area contributed by atoms with E-state index in [1.54, 1.807) is 0 Å². The molecule has 66 heavy (non-hydrogen) atoms. The molecule has 0 aromatic heterocycles. The highest BCUT2D eigenvalue weighted by atomic mass is 15.2. The summed E-state index contributed by atoms with van der Waals surface area (Å²) < 4.78 is 0. The Balaban J connectivity index is 1.30. The molecule has 0 amide bonds. The van der Waals surface area contributed by atoms with Crippen molar-refractivity contribution in [3.05, 3.63) is 216 Å². The molecule has 10 aromatic carbocycles. The van der Waals surface area contributed by atoms with E-state index in [1.165, 1.54) is 82.4 Å². The van der Waals surface area contributed by atoms with Crippen LogP contribution in [0.3, 0.4) is 0 Å². The minimum absolute atomic E-state index is 0.00426. The molecule has 326 valence electrons. The summed E-state index contributed by atoms with van der Waals surface area (Å²) in [6.45, 7) is 20.5. The maximum atomic E-state index is 2.51. The average Bonchev–Trinajstić information content (AvgIpc) is 3.33. The van der Waals surface area contributed by atoms with E-state index in [0.29, 0.717) is 11.8 Å². The molecule has 10 aromatic rings. The van der Waals surface area contributed by atoms with Crippen molar-refractivity contribution in [2.45, 2.75) is 79.6 Å². The predicted molar refractivity (Wildman–Crippen MR) is 287 cm³/mol. The molecule has 0 N–H and O–H groups in total. The molecular formula is C64H60N2. The average molecular weight is 857 g/mol. The van der Waals surface area contributed by atoms with Gasteiger partial charge in [0.25, 0.3) is 0 Å². The van der Waals surface area contributed by atoms with Crippen molar-refractivity contribution < 1.29 is 0 Å². The zero-order valence-corrected chi connectivity index (χ0v) is 39.9. The monoisotopic (exact) mass is 856 g/mol. The van der Waals surface area contributed by atoms with Crippen LogP contribution in [0.25, 0.3) is 54.6 Å². The molecule has 0 bridgehead atoms. The van der Waals surface area contributed by atoms with Gasteiger partial charge >= 0.3 is 0 Å². The van der Waals surface area contributed by atoms with E-state index in [1.807, 2.05) is 0 Å². The Morgan fingerprint density at radius 3 is 1.14 bits per heavy atom. The van der Waals surface area contributed by atoms with E-state index in [2.05, 4.69) is 260 Å². The van der Waals surface area contributed by atoms with Gasteiger partial charge in [0.1, 0.15) is 0 Å². The summed E-state index contributed by atoms with van der Waals surface area (Å²) in [5.41, 5.74) is 18.0. The van der Waals surface area contributed by atoms with E-state index in [-0.39, 0.29) is 5.41 Å². The molecule has 0 fully saturated rings. The largest absolute Gasteiger partial charge is 0.310 e. The first-order chi connectivity index (χ1) is 31.8. The summed E-state index contributed by atoms with van der Waals surface area (Å²) in [7, 11) is 0. The van der Waals surface area contributed by atoms with Crippen LogP contribution < -0.4 is 9.80 Å². The topological polar surface area (TPSA) is 6.48 Å². The van der Waals surface area contributed by atoms with E-state index in [9.17, 15) is 0 Å². The second kappa shape index (κ2) is 17.0. The standard InChI is InChI=1S/C64H60N2/c1-41(2)45-24-28-47(29-25-45)49-22-20-43(5)58(38-49)65(54-16-12-10-13-17-54)60-40-61(57-35-33-52-37-53(64(7,8)9)36-51-32-34-56(60)63(57)62(51)52)66(55-18-14-11-15-19-55)59-39-50(23-21-44(59)6)48-30-26-46(27-31-48)42(3)4/h10-42H,1-9H3. The third-order valence-corrected chi connectivity index (χ3v) is 13.8. The molecule has 0 saturated heterocycles. The van der Waals surface area contributed by atoms with Gasteiger partial charge in [0.15, 0.2) is 0 Å².